The minimum Gasteiger partial charge on any atom is -0.461 e. The predicted molar refractivity (Wildman–Crippen MR) is 93.5 cm³/mol. The third kappa shape index (κ3) is 5.48. The topological polar surface area (TPSA) is 52.1 Å². The quantitative estimate of drug-likeness (QED) is 0.458. The molecule has 0 bridgehead atoms. The first-order valence-electron chi connectivity index (χ1n) is 8.49. The Balaban J connectivity index is 1.90. The lowest BCUT2D eigenvalue weighted by atomic mass is 9.75. The summed E-state index contributed by atoms with van der Waals surface area (Å²) in [4.78, 5) is 20.9. The van der Waals surface area contributed by atoms with Crippen molar-refractivity contribution < 1.29 is 9.53 Å². The highest BCUT2D eigenvalue weighted by molar-refractivity contribution is 7.99. The second kappa shape index (κ2) is 8.13. The van der Waals surface area contributed by atoms with E-state index in [0.29, 0.717) is 22.9 Å². The summed E-state index contributed by atoms with van der Waals surface area (Å²) < 4.78 is 5.80. The molecule has 1 fully saturated rings. The smallest absolute Gasteiger partial charge is 0.316 e. The van der Waals surface area contributed by atoms with E-state index in [-0.39, 0.29) is 17.8 Å². The first-order valence-corrected chi connectivity index (χ1v) is 9.48. The van der Waals surface area contributed by atoms with E-state index in [9.17, 15) is 4.79 Å². The molecular formula is C18H28N2O2S. The molecule has 23 heavy (non-hydrogen) atoms. The molecule has 1 aromatic heterocycles. The number of thioether (sulfide) groups is 1. The Morgan fingerprint density at radius 2 is 1.96 bits per heavy atom. The van der Waals surface area contributed by atoms with Gasteiger partial charge in [-0.15, -0.1) is 0 Å². The number of rotatable bonds is 5. The van der Waals surface area contributed by atoms with E-state index in [1.54, 1.807) is 0 Å². The van der Waals surface area contributed by atoms with Crippen LogP contribution in [0.15, 0.2) is 11.2 Å². The van der Waals surface area contributed by atoms with Gasteiger partial charge in [-0.05, 0) is 50.5 Å². The summed E-state index contributed by atoms with van der Waals surface area (Å²) >= 11 is 1.36. The molecular weight excluding hydrogens is 308 g/mol. The molecule has 0 saturated heterocycles. The molecule has 2 rings (SSSR count). The molecule has 1 aromatic rings. The number of aryl methyl sites for hydroxylation is 2. The van der Waals surface area contributed by atoms with E-state index >= 15 is 0 Å². The van der Waals surface area contributed by atoms with Crippen molar-refractivity contribution in [2.24, 2.45) is 17.8 Å². The van der Waals surface area contributed by atoms with Crippen LogP contribution in [0.3, 0.4) is 0 Å². The first-order chi connectivity index (χ1) is 10.8. The van der Waals surface area contributed by atoms with Gasteiger partial charge < -0.3 is 4.74 Å². The second-order valence-electron chi connectivity index (χ2n) is 7.08. The van der Waals surface area contributed by atoms with Crippen molar-refractivity contribution in [3.8, 4) is 0 Å². The minimum atomic E-state index is -0.150. The van der Waals surface area contributed by atoms with Gasteiger partial charge in [0.2, 0.25) is 0 Å². The minimum absolute atomic E-state index is 0.0620. The molecule has 0 aliphatic heterocycles. The van der Waals surface area contributed by atoms with Gasteiger partial charge >= 0.3 is 5.97 Å². The summed E-state index contributed by atoms with van der Waals surface area (Å²) in [5, 5.41) is 0.650. The Morgan fingerprint density at radius 1 is 1.30 bits per heavy atom. The molecule has 0 radical (unpaired) electrons. The van der Waals surface area contributed by atoms with E-state index in [4.69, 9.17) is 4.74 Å². The monoisotopic (exact) mass is 336 g/mol. The zero-order valence-corrected chi connectivity index (χ0v) is 15.7. The number of nitrogens with zero attached hydrogens (tertiary/aromatic N) is 2. The third-order valence-corrected chi connectivity index (χ3v) is 5.35. The highest BCUT2D eigenvalue weighted by atomic mass is 32.2. The number of carbonyl (C=O) groups is 1. The summed E-state index contributed by atoms with van der Waals surface area (Å²) in [7, 11) is 0. The van der Waals surface area contributed by atoms with E-state index in [1.165, 1.54) is 18.2 Å². The molecule has 1 aliphatic rings. The Hall–Kier alpha value is -1.10. The molecule has 5 heteroatoms. The lowest BCUT2D eigenvalue weighted by Crippen LogP contribution is -2.36. The van der Waals surface area contributed by atoms with Crippen molar-refractivity contribution in [1.82, 2.24) is 9.97 Å². The van der Waals surface area contributed by atoms with Gasteiger partial charge in [0.1, 0.15) is 6.10 Å². The summed E-state index contributed by atoms with van der Waals surface area (Å²) in [6.07, 6.45) is 3.44. The van der Waals surface area contributed by atoms with Gasteiger partial charge in [0.15, 0.2) is 5.16 Å². The number of aromatic nitrogens is 2. The molecule has 0 N–H and O–H groups in total. The van der Waals surface area contributed by atoms with Crippen LogP contribution in [-0.4, -0.2) is 27.8 Å². The molecule has 0 aromatic carbocycles. The van der Waals surface area contributed by atoms with Crippen LogP contribution >= 0.6 is 11.8 Å². The number of carbonyl (C=O) groups excluding carboxylic acids is 1. The van der Waals surface area contributed by atoms with Gasteiger partial charge in [0.25, 0.3) is 0 Å². The van der Waals surface area contributed by atoms with E-state index in [0.717, 1.165) is 24.2 Å². The van der Waals surface area contributed by atoms with E-state index in [1.807, 2.05) is 19.9 Å². The van der Waals surface area contributed by atoms with Crippen molar-refractivity contribution in [2.45, 2.75) is 65.1 Å². The first kappa shape index (κ1) is 18.2. The normalized spacial score (nSPS) is 24.7. The van der Waals surface area contributed by atoms with Crippen LogP contribution in [0, 0.1) is 31.6 Å². The fourth-order valence-electron chi connectivity index (χ4n) is 3.33. The van der Waals surface area contributed by atoms with Crippen molar-refractivity contribution in [3.63, 3.8) is 0 Å². The maximum absolute atomic E-state index is 12.2. The Kier molecular flexibility index (Phi) is 6.45. The van der Waals surface area contributed by atoms with Crippen LogP contribution in [0.1, 0.15) is 51.4 Å². The molecule has 3 atom stereocenters. The highest BCUT2D eigenvalue weighted by Gasteiger charge is 2.33. The lowest BCUT2D eigenvalue weighted by Gasteiger charge is -2.36. The summed E-state index contributed by atoms with van der Waals surface area (Å²) in [5.74, 6) is 1.80. The number of hydrogen-bond acceptors (Lipinski definition) is 5. The summed E-state index contributed by atoms with van der Waals surface area (Å²) in [6, 6.07) is 1.93. The Labute approximate surface area is 143 Å². The number of ether oxygens (including phenoxy) is 1. The number of hydrogen-bond donors (Lipinski definition) is 0. The Bertz CT molecular complexity index is 528. The molecule has 0 amide bonds. The molecule has 3 unspecified atom stereocenters. The largest absolute Gasteiger partial charge is 0.461 e. The van der Waals surface area contributed by atoms with Gasteiger partial charge in [-0.25, -0.2) is 9.97 Å². The molecule has 1 heterocycles. The summed E-state index contributed by atoms with van der Waals surface area (Å²) in [5.41, 5.74) is 1.85. The predicted octanol–water partition coefficient (Wildman–Crippen LogP) is 4.19. The fourth-order valence-corrected chi connectivity index (χ4v) is 4.07. The van der Waals surface area contributed by atoms with Crippen LogP contribution in [0.5, 0.6) is 0 Å². The average molecular weight is 337 g/mol. The highest BCUT2D eigenvalue weighted by Crippen LogP contribution is 2.35. The average Bonchev–Trinajstić information content (AvgIpc) is 2.44. The van der Waals surface area contributed by atoms with Crippen LogP contribution < -0.4 is 0 Å². The molecule has 1 aliphatic carbocycles. The third-order valence-electron chi connectivity index (χ3n) is 4.53. The number of esters is 1. The summed E-state index contributed by atoms with van der Waals surface area (Å²) in [6.45, 7) is 10.6. The van der Waals surface area contributed by atoms with Gasteiger partial charge in [-0.1, -0.05) is 39.0 Å². The molecule has 128 valence electrons. The molecule has 0 spiro atoms. The van der Waals surface area contributed by atoms with Crippen LogP contribution in [-0.2, 0) is 9.53 Å². The van der Waals surface area contributed by atoms with Crippen molar-refractivity contribution in [2.75, 3.05) is 5.75 Å². The maximum atomic E-state index is 12.2. The second-order valence-corrected chi connectivity index (χ2v) is 8.02. The lowest BCUT2D eigenvalue weighted by molar-refractivity contribution is -0.152. The fraction of sp³-hybridized carbons (Fsp3) is 0.722. The van der Waals surface area contributed by atoms with Crippen molar-refractivity contribution >= 4 is 17.7 Å². The maximum Gasteiger partial charge on any atom is 0.316 e. The van der Waals surface area contributed by atoms with Crippen molar-refractivity contribution in [1.29, 1.82) is 0 Å². The SMILES string of the molecule is Cc1cc(C)nc(SCC(=O)OC2CC(C)CCC2C(C)C)n1. The van der Waals surface area contributed by atoms with Gasteiger partial charge in [-0.3, -0.25) is 4.79 Å². The van der Waals surface area contributed by atoms with Crippen molar-refractivity contribution in [3.05, 3.63) is 17.5 Å². The van der Waals surface area contributed by atoms with E-state index in [2.05, 4.69) is 30.7 Å². The van der Waals surface area contributed by atoms with Crippen LogP contribution in [0.4, 0.5) is 0 Å². The standard InChI is InChI=1S/C18H28N2O2S/c1-11(2)15-7-6-12(3)8-16(15)22-17(21)10-23-18-19-13(4)9-14(5)20-18/h9,11-12,15-16H,6-8,10H2,1-5H3. The zero-order valence-electron chi connectivity index (χ0n) is 14.8. The zero-order chi connectivity index (χ0) is 17.0. The van der Waals surface area contributed by atoms with Gasteiger partial charge in [0, 0.05) is 11.4 Å². The molecule has 4 nitrogen and oxygen atoms in total. The van der Waals surface area contributed by atoms with Crippen LogP contribution in [0.2, 0.25) is 0 Å². The van der Waals surface area contributed by atoms with Gasteiger partial charge in [-0.2, -0.15) is 0 Å². The van der Waals surface area contributed by atoms with E-state index < -0.39 is 0 Å². The Morgan fingerprint density at radius 3 is 2.57 bits per heavy atom. The molecule has 1 saturated carbocycles. The van der Waals surface area contributed by atoms with Crippen LogP contribution in [0.25, 0.3) is 0 Å². The van der Waals surface area contributed by atoms with Gasteiger partial charge in [0.05, 0.1) is 5.75 Å².